The SMILES string of the molecule is C/C=C(\ON)c1ccc(Cl)cc1.CCSc1cc(C)c(OCC(=O)OC)cc1OC. The molecule has 0 amide bonds. The molecule has 0 unspecified atom stereocenters. The molecule has 2 rings (SSSR count). The topological polar surface area (TPSA) is 80.0 Å². The van der Waals surface area contributed by atoms with Crippen molar-refractivity contribution in [3.8, 4) is 11.5 Å². The van der Waals surface area contributed by atoms with Crippen molar-refractivity contribution in [3.05, 3.63) is 58.6 Å². The number of allylic oxidation sites excluding steroid dienone is 1. The number of rotatable bonds is 8. The summed E-state index contributed by atoms with van der Waals surface area (Å²) in [5.74, 6) is 7.66. The van der Waals surface area contributed by atoms with Gasteiger partial charge in [-0.05, 0) is 61.6 Å². The third-order valence-corrected chi connectivity index (χ3v) is 5.02. The molecular weight excluding hydrogens is 426 g/mol. The second-order valence-electron chi connectivity index (χ2n) is 5.84. The van der Waals surface area contributed by atoms with Crippen molar-refractivity contribution >= 4 is 35.1 Å². The lowest BCUT2D eigenvalue weighted by Crippen LogP contribution is -2.13. The number of halogens is 1. The first-order chi connectivity index (χ1) is 14.4. The summed E-state index contributed by atoms with van der Waals surface area (Å²) in [6.07, 6.45) is 1.79. The van der Waals surface area contributed by atoms with Gasteiger partial charge in [-0.2, -0.15) is 5.90 Å². The van der Waals surface area contributed by atoms with Gasteiger partial charge in [-0.3, -0.25) is 0 Å². The molecule has 0 aliphatic rings. The summed E-state index contributed by atoms with van der Waals surface area (Å²) in [5, 5.41) is 0.700. The zero-order valence-corrected chi connectivity index (χ0v) is 19.4. The van der Waals surface area contributed by atoms with E-state index in [0.717, 1.165) is 27.5 Å². The molecule has 30 heavy (non-hydrogen) atoms. The summed E-state index contributed by atoms with van der Waals surface area (Å²) < 4.78 is 15.2. The van der Waals surface area contributed by atoms with Gasteiger partial charge >= 0.3 is 5.97 Å². The van der Waals surface area contributed by atoms with E-state index in [1.165, 1.54) is 7.11 Å². The van der Waals surface area contributed by atoms with Crippen molar-refractivity contribution in [1.82, 2.24) is 0 Å². The molecular formula is C22H28ClNO5S. The molecule has 0 aromatic heterocycles. The van der Waals surface area contributed by atoms with Crippen molar-refractivity contribution in [2.75, 3.05) is 26.6 Å². The van der Waals surface area contributed by atoms with Crippen molar-refractivity contribution in [2.24, 2.45) is 5.90 Å². The highest BCUT2D eigenvalue weighted by Gasteiger charge is 2.10. The normalized spacial score (nSPS) is 10.6. The highest BCUT2D eigenvalue weighted by atomic mass is 35.5. The summed E-state index contributed by atoms with van der Waals surface area (Å²) >= 11 is 7.42. The molecule has 0 heterocycles. The number of hydrogen-bond acceptors (Lipinski definition) is 7. The van der Waals surface area contributed by atoms with E-state index in [4.69, 9.17) is 27.0 Å². The molecule has 0 saturated heterocycles. The fourth-order valence-electron chi connectivity index (χ4n) is 2.34. The maximum atomic E-state index is 11.0. The fraction of sp³-hybridized carbons (Fsp3) is 0.318. The van der Waals surface area contributed by atoms with Crippen molar-refractivity contribution in [1.29, 1.82) is 0 Å². The van der Waals surface area contributed by atoms with Gasteiger partial charge in [0.15, 0.2) is 6.61 Å². The van der Waals surface area contributed by atoms with Crippen LogP contribution in [-0.2, 0) is 14.4 Å². The van der Waals surface area contributed by atoms with Gasteiger partial charge in [0.05, 0.1) is 14.2 Å². The number of carbonyl (C=O) groups excluding carboxylic acids is 1. The summed E-state index contributed by atoms with van der Waals surface area (Å²) in [6, 6.07) is 11.1. The molecule has 164 valence electrons. The Morgan fingerprint density at radius 1 is 1.17 bits per heavy atom. The molecule has 0 fully saturated rings. The summed E-state index contributed by atoms with van der Waals surface area (Å²) in [4.78, 5) is 16.8. The van der Waals surface area contributed by atoms with Crippen LogP contribution in [0.3, 0.4) is 0 Å². The molecule has 2 N–H and O–H groups in total. The van der Waals surface area contributed by atoms with Crippen LogP contribution < -0.4 is 15.4 Å². The predicted octanol–water partition coefficient (Wildman–Crippen LogP) is 5.26. The molecule has 2 aromatic rings. The van der Waals surface area contributed by atoms with Gasteiger partial charge < -0.3 is 19.0 Å². The largest absolute Gasteiger partial charge is 0.495 e. The van der Waals surface area contributed by atoms with Gasteiger partial charge in [0.2, 0.25) is 0 Å². The summed E-state index contributed by atoms with van der Waals surface area (Å²) in [5.41, 5.74) is 1.89. The minimum absolute atomic E-state index is 0.0965. The Labute approximate surface area is 187 Å². The number of hydrogen-bond donors (Lipinski definition) is 1. The third-order valence-electron chi connectivity index (χ3n) is 3.85. The van der Waals surface area contributed by atoms with Crippen molar-refractivity contribution in [2.45, 2.75) is 25.7 Å². The zero-order valence-electron chi connectivity index (χ0n) is 17.9. The van der Waals surface area contributed by atoms with Crippen molar-refractivity contribution < 1.29 is 23.8 Å². The first-order valence-electron chi connectivity index (χ1n) is 9.20. The van der Waals surface area contributed by atoms with Gasteiger partial charge in [0.25, 0.3) is 0 Å². The first-order valence-corrected chi connectivity index (χ1v) is 10.6. The van der Waals surface area contributed by atoms with Gasteiger partial charge in [0, 0.05) is 21.5 Å². The van der Waals surface area contributed by atoms with Crippen LogP contribution in [-0.4, -0.2) is 32.5 Å². The molecule has 0 radical (unpaired) electrons. The molecule has 0 aliphatic carbocycles. The van der Waals surface area contributed by atoms with Crippen LogP contribution in [0.4, 0.5) is 0 Å². The molecule has 0 spiro atoms. The number of methoxy groups -OCH3 is 2. The summed E-state index contributed by atoms with van der Waals surface area (Å²) in [6.45, 7) is 5.78. The number of thioether (sulfide) groups is 1. The van der Waals surface area contributed by atoms with E-state index in [1.807, 2.05) is 32.0 Å². The lowest BCUT2D eigenvalue weighted by Gasteiger charge is -2.13. The average Bonchev–Trinajstić information content (AvgIpc) is 2.75. The Morgan fingerprint density at radius 2 is 1.83 bits per heavy atom. The minimum Gasteiger partial charge on any atom is -0.495 e. The Kier molecular flexibility index (Phi) is 11.8. The Balaban J connectivity index is 0.000000325. The molecule has 0 aliphatic heterocycles. The molecule has 8 heteroatoms. The van der Waals surface area contributed by atoms with Crippen molar-refractivity contribution in [3.63, 3.8) is 0 Å². The third kappa shape index (κ3) is 8.18. The highest BCUT2D eigenvalue weighted by molar-refractivity contribution is 7.99. The van der Waals surface area contributed by atoms with Crippen LogP contribution in [0.2, 0.25) is 5.02 Å². The average molecular weight is 454 g/mol. The van der Waals surface area contributed by atoms with Gasteiger partial charge in [0.1, 0.15) is 17.3 Å². The molecule has 0 bridgehead atoms. The monoisotopic (exact) mass is 453 g/mol. The second-order valence-corrected chi connectivity index (χ2v) is 7.59. The van der Waals surface area contributed by atoms with Crippen LogP contribution in [0.25, 0.3) is 5.76 Å². The smallest absolute Gasteiger partial charge is 0.343 e. The minimum atomic E-state index is -0.402. The Hall–Kier alpha value is -2.35. The fourth-order valence-corrected chi connectivity index (χ4v) is 3.32. The number of carbonyl (C=O) groups is 1. The zero-order chi connectivity index (χ0) is 22.5. The van der Waals surface area contributed by atoms with Gasteiger partial charge in [-0.15, -0.1) is 11.8 Å². The Bertz CT molecular complexity index is 840. The van der Waals surface area contributed by atoms with Gasteiger partial charge in [-0.25, -0.2) is 4.79 Å². The predicted molar refractivity (Wildman–Crippen MR) is 122 cm³/mol. The van der Waals surface area contributed by atoms with E-state index in [2.05, 4.69) is 16.5 Å². The van der Waals surface area contributed by atoms with E-state index in [1.54, 1.807) is 43.1 Å². The highest BCUT2D eigenvalue weighted by Crippen LogP contribution is 2.35. The standard InChI is InChI=1S/C13H18O4S.C9H10ClNO/c1-5-18-12-6-9(2)10(7-11(12)15-3)17-8-13(14)16-4;1-2-9(12-11)7-3-5-8(10)6-4-7/h6-7H,5,8H2,1-4H3;2-6H,11H2,1H3/b;9-2-. The van der Waals surface area contributed by atoms with Crippen LogP contribution >= 0.6 is 23.4 Å². The number of nitrogens with two attached hydrogens (primary N) is 1. The first kappa shape index (κ1) is 25.7. The van der Waals surface area contributed by atoms with Crippen LogP contribution in [0.1, 0.15) is 25.0 Å². The quantitative estimate of drug-likeness (QED) is 0.253. The van der Waals surface area contributed by atoms with E-state index >= 15 is 0 Å². The number of ether oxygens (including phenoxy) is 3. The van der Waals surface area contributed by atoms with Gasteiger partial charge in [-0.1, -0.05) is 18.5 Å². The van der Waals surface area contributed by atoms with Crippen LogP contribution in [0.5, 0.6) is 11.5 Å². The molecule has 0 atom stereocenters. The second kappa shape index (κ2) is 13.8. The van der Waals surface area contributed by atoms with Crippen LogP contribution in [0.15, 0.2) is 47.4 Å². The molecule has 6 nitrogen and oxygen atoms in total. The number of esters is 1. The lowest BCUT2D eigenvalue weighted by molar-refractivity contribution is -0.142. The van der Waals surface area contributed by atoms with E-state index < -0.39 is 5.97 Å². The lowest BCUT2D eigenvalue weighted by atomic mass is 10.2. The molecule has 0 saturated carbocycles. The maximum absolute atomic E-state index is 11.0. The summed E-state index contributed by atoms with van der Waals surface area (Å²) in [7, 11) is 2.95. The maximum Gasteiger partial charge on any atom is 0.343 e. The van der Waals surface area contributed by atoms with E-state index in [-0.39, 0.29) is 6.61 Å². The number of aryl methyl sites for hydroxylation is 1. The number of benzene rings is 2. The van der Waals surface area contributed by atoms with E-state index in [9.17, 15) is 4.79 Å². The van der Waals surface area contributed by atoms with Crippen LogP contribution in [0, 0.1) is 6.92 Å². The van der Waals surface area contributed by atoms with E-state index in [0.29, 0.717) is 16.5 Å². The Morgan fingerprint density at radius 3 is 2.33 bits per heavy atom. The molecule has 2 aromatic carbocycles.